The van der Waals surface area contributed by atoms with Crippen LogP contribution in [-0.4, -0.2) is 38.9 Å². The lowest BCUT2D eigenvalue weighted by Crippen LogP contribution is -2.40. The van der Waals surface area contributed by atoms with Gasteiger partial charge in [-0.2, -0.15) is 4.31 Å². The molecule has 0 atom stereocenters. The zero-order valence-electron chi connectivity index (χ0n) is 12.7. The number of nitrogens with one attached hydrogen (secondary N) is 1. The van der Waals surface area contributed by atoms with Gasteiger partial charge < -0.3 is 5.32 Å². The third-order valence-electron chi connectivity index (χ3n) is 3.97. The summed E-state index contributed by atoms with van der Waals surface area (Å²) < 4.78 is 26.9. The maximum atomic E-state index is 12.6. The van der Waals surface area contributed by atoms with E-state index in [9.17, 15) is 8.42 Å². The first-order chi connectivity index (χ1) is 9.55. The Labute approximate surface area is 134 Å². The molecule has 0 aliphatic carbocycles. The molecule has 0 aromatic heterocycles. The van der Waals surface area contributed by atoms with Crippen LogP contribution in [0, 0.1) is 12.8 Å². The van der Waals surface area contributed by atoms with Crippen molar-refractivity contribution in [2.24, 2.45) is 5.92 Å². The summed E-state index contributed by atoms with van der Waals surface area (Å²) in [6.07, 6.45) is 1.89. The number of benzene rings is 1. The minimum absolute atomic E-state index is 0. The second kappa shape index (κ2) is 8.13. The summed E-state index contributed by atoms with van der Waals surface area (Å²) in [5.74, 6) is 0.596. The van der Waals surface area contributed by atoms with Crippen LogP contribution < -0.4 is 5.32 Å². The third kappa shape index (κ3) is 4.42. The van der Waals surface area contributed by atoms with Crippen LogP contribution in [0.3, 0.4) is 0 Å². The van der Waals surface area contributed by atoms with Gasteiger partial charge in [-0.1, -0.05) is 25.1 Å². The Bertz CT molecular complexity index is 540. The monoisotopic (exact) mass is 332 g/mol. The summed E-state index contributed by atoms with van der Waals surface area (Å²) >= 11 is 0. The highest BCUT2D eigenvalue weighted by Gasteiger charge is 2.29. The van der Waals surface area contributed by atoms with Gasteiger partial charge in [-0.25, -0.2) is 8.42 Å². The molecule has 6 heteroatoms. The van der Waals surface area contributed by atoms with E-state index in [1.165, 1.54) is 0 Å². The molecule has 1 aliphatic heterocycles. The van der Waals surface area contributed by atoms with Gasteiger partial charge in [0, 0.05) is 13.1 Å². The molecule has 1 aromatic carbocycles. The van der Waals surface area contributed by atoms with Crippen LogP contribution in [0.4, 0.5) is 0 Å². The van der Waals surface area contributed by atoms with Crippen molar-refractivity contribution in [2.75, 3.05) is 26.2 Å². The molecular formula is C15H25ClN2O2S. The van der Waals surface area contributed by atoms with Gasteiger partial charge in [-0.15, -0.1) is 12.4 Å². The Morgan fingerprint density at radius 2 is 1.86 bits per heavy atom. The second-order valence-corrected chi connectivity index (χ2v) is 7.33. The van der Waals surface area contributed by atoms with E-state index in [0.717, 1.165) is 31.5 Å². The van der Waals surface area contributed by atoms with Crippen LogP contribution in [0.5, 0.6) is 0 Å². The molecule has 0 radical (unpaired) electrons. The number of rotatable bonds is 5. The van der Waals surface area contributed by atoms with Crippen molar-refractivity contribution in [3.63, 3.8) is 0 Å². The zero-order chi connectivity index (χ0) is 14.6. The summed E-state index contributed by atoms with van der Waals surface area (Å²) in [5.41, 5.74) is 0.822. The Hall–Kier alpha value is -0.620. The number of aryl methyl sites for hydroxylation is 1. The molecule has 0 saturated carbocycles. The number of hydrogen-bond acceptors (Lipinski definition) is 3. The first-order valence-electron chi connectivity index (χ1n) is 7.32. The smallest absolute Gasteiger partial charge is 0.243 e. The molecule has 0 bridgehead atoms. The summed E-state index contributed by atoms with van der Waals surface area (Å²) in [5, 5.41) is 3.34. The summed E-state index contributed by atoms with van der Waals surface area (Å²) in [6, 6.07) is 7.22. The summed E-state index contributed by atoms with van der Waals surface area (Å²) in [6.45, 7) is 7.18. The maximum absolute atomic E-state index is 12.6. The number of sulfonamides is 1. The van der Waals surface area contributed by atoms with Crippen LogP contribution in [0.15, 0.2) is 29.2 Å². The maximum Gasteiger partial charge on any atom is 0.243 e. The number of hydrogen-bond donors (Lipinski definition) is 1. The number of halogens is 1. The fraction of sp³-hybridized carbons (Fsp3) is 0.600. The molecule has 0 amide bonds. The Morgan fingerprint density at radius 1 is 1.24 bits per heavy atom. The Morgan fingerprint density at radius 3 is 2.43 bits per heavy atom. The van der Waals surface area contributed by atoms with Gasteiger partial charge in [0.1, 0.15) is 0 Å². The average Bonchev–Trinajstić information content (AvgIpc) is 2.46. The van der Waals surface area contributed by atoms with Gasteiger partial charge in [-0.05, 0) is 50.4 Å². The third-order valence-corrected chi connectivity index (χ3v) is 6.03. The lowest BCUT2D eigenvalue weighted by molar-refractivity contribution is 0.268. The molecular weight excluding hydrogens is 308 g/mol. The van der Waals surface area contributed by atoms with Crippen molar-refractivity contribution in [3.8, 4) is 0 Å². The van der Waals surface area contributed by atoms with Crippen molar-refractivity contribution < 1.29 is 8.42 Å². The van der Waals surface area contributed by atoms with Crippen LogP contribution in [0.25, 0.3) is 0 Å². The average molecular weight is 333 g/mol. The number of nitrogens with zero attached hydrogens (tertiary/aromatic N) is 1. The highest BCUT2D eigenvalue weighted by Crippen LogP contribution is 2.25. The van der Waals surface area contributed by atoms with Gasteiger partial charge >= 0.3 is 0 Å². The Kier molecular flexibility index (Phi) is 7.13. The summed E-state index contributed by atoms with van der Waals surface area (Å²) in [7, 11) is -3.32. The highest BCUT2D eigenvalue weighted by molar-refractivity contribution is 7.89. The lowest BCUT2D eigenvalue weighted by Gasteiger charge is -2.31. The van der Waals surface area contributed by atoms with Crippen molar-refractivity contribution in [1.82, 2.24) is 9.62 Å². The molecule has 1 heterocycles. The fourth-order valence-electron chi connectivity index (χ4n) is 2.69. The predicted octanol–water partition coefficient (Wildman–Crippen LogP) is 2.43. The molecule has 120 valence electrons. The van der Waals surface area contributed by atoms with Crippen molar-refractivity contribution in [2.45, 2.75) is 31.6 Å². The van der Waals surface area contributed by atoms with E-state index in [0.29, 0.717) is 23.9 Å². The highest BCUT2D eigenvalue weighted by atomic mass is 35.5. The SMILES string of the molecule is CCNCC1CCN(S(=O)(=O)c2ccccc2C)CC1.Cl. The van der Waals surface area contributed by atoms with Gasteiger partial charge in [0.15, 0.2) is 0 Å². The quantitative estimate of drug-likeness (QED) is 0.901. The van der Waals surface area contributed by atoms with Gasteiger partial charge in [0.05, 0.1) is 4.90 Å². The van der Waals surface area contributed by atoms with Gasteiger partial charge in [0.25, 0.3) is 0 Å². The zero-order valence-corrected chi connectivity index (χ0v) is 14.3. The van der Waals surface area contributed by atoms with Crippen molar-refractivity contribution in [1.29, 1.82) is 0 Å². The minimum Gasteiger partial charge on any atom is -0.317 e. The van der Waals surface area contributed by atoms with E-state index in [-0.39, 0.29) is 12.4 Å². The molecule has 1 aliphatic rings. The molecule has 2 rings (SSSR count). The number of piperidine rings is 1. The molecule has 0 unspecified atom stereocenters. The van der Waals surface area contributed by atoms with Crippen LogP contribution in [0.1, 0.15) is 25.3 Å². The minimum atomic E-state index is -3.32. The molecule has 4 nitrogen and oxygen atoms in total. The molecule has 1 fully saturated rings. The first kappa shape index (κ1) is 18.4. The van der Waals surface area contributed by atoms with Crippen LogP contribution in [-0.2, 0) is 10.0 Å². The normalized spacial score (nSPS) is 17.4. The lowest BCUT2D eigenvalue weighted by atomic mass is 9.98. The second-order valence-electron chi connectivity index (χ2n) is 5.42. The van der Waals surface area contributed by atoms with E-state index < -0.39 is 10.0 Å². The largest absolute Gasteiger partial charge is 0.317 e. The van der Waals surface area contributed by atoms with E-state index in [4.69, 9.17) is 0 Å². The van der Waals surface area contributed by atoms with E-state index in [2.05, 4.69) is 12.2 Å². The van der Waals surface area contributed by atoms with Crippen LogP contribution in [0.2, 0.25) is 0 Å². The molecule has 1 aromatic rings. The van der Waals surface area contributed by atoms with E-state index in [1.807, 2.05) is 19.1 Å². The molecule has 1 saturated heterocycles. The fourth-order valence-corrected chi connectivity index (χ4v) is 4.38. The standard InChI is InChI=1S/C15H24N2O2S.ClH/c1-3-16-12-14-8-10-17(11-9-14)20(18,19)15-7-5-4-6-13(15)2;/h4-7,14,16H,3,8-12H2,1-2H3;1H. The van der Waals surface area contributed by atoms with E-state index in [1.54, 1.807) is 16.4 Å². The van der Waals surface area contributed by atoms with Gasteiger partial charge in [-0.3, -0.25) is 0 Å². The molecule has 21 heavy (non-hydrogen) atoms. The van der Waals surface area contributed by atoms with Crippen LogP contribution >= 0.6 is 12.4 Å². The Balaban J connectivity index is 0.00000220. The molecule has 1 N–H and O–H groups in total. The van der Waals surface area contributed by atoms with Crippen molar-refractivity contribution in [3.05, 3.63) is 29.8 Å². The topological polar surface area (TPSA) is 49.4 Å². The van der Waals surface area contributed by atoms with E-state index >= 15 is 0 Å². The first-order valence-corrected chi connectivity index (χ1v) is 8.76. The van der Waals surface area contributed by atoms with Gasteiger partial charge in [0.2, 0.25) is 10.0 Å². The predicted molar refractivity (Wildman–Crippen MR) is 88.5 cm³/mol. The van der Waals surface area contributed by atoms with Crippen molar-refractivity contribution >= 4 is 22.4 Å². The summed E-state index contributed by atoms with van der Waals surface area (Å²) in [4.78, 5) is 0.449. The molecule has 0 spiro atoms.